The van der Waals surface area contributed by atoms with Crippen LogP contribution >= 0.6 is 11.6 Å². The first-order valence-electron chi connectivity index (χ1n) is 4.91. The fraction of sp³-hybridized carbons (Fsp3) is 0.0769. The Morgan fingerprint density at radius 3 is 2.88 bits per heavy atom. The molecule has 1 heterocycles. The fourth-order valence-electron chi connectivity index (χ4n) is 1.43. The maximum absolute atomic E-state index is 10.8. The van der Waals surface area contributed by atoms with E-state index in [2.05, 4.69) is 4.98 Å². The number of allylic oxidation sites excluding steroid dienone is 1. The third-order valence-electron chi connectivity index (χ3n) is 2.20. The number of aromatic nitrogens is 1. The topological polar surface area (TPSA) is 30.0 Å². The molecule has 0 aliphatic rings. The number of ketones is 1. The van der Waals surface area contributed by atoms with Gasteiger partial charge in [-0.1, -0.05) is 29.8 Å². The minimum Gasteiger partial charge on any atom is -0.295 e. The van der Waals surface area contributed by atoms with Crippen LogP contribution in [0.4, 0.5) is 0 Å². The van der Waals surface area contributed by atoms with E-state index in [1.54, 1.807) is 6.08 Å². The molecule has 0 bridgehead atoms. The van der Waals surface area contributed by atoms with Gasteiger partial charge in [0.15, 0.2) is 5.78 Å². The smallest absolute Gasteiger partial charge is 0.152 e. The first-order valence-corrected chi connectivity index (χ1v) is 5.28. The van der Waals surface area contributed by atoms with Gasteiger partial charge in [-0.2, -0.15) is 0 Å². The lowest BCUT2D eigenvalue weighted by Crippen LogP contribution is -1.86. The minimum absolute atomic E-state index is 0.00998. The van der Waals surface area contributed by atoms with Crippen LogP contribution in [0.25, 0.3) is 17.0 Å². The van der Waals surface area contributed by atoms with Gasteiger partial charge in [-0.05, 0) is 31.2 Å². The molecule has 2 nitrogen and oxygen atoms in total. The van der Waals surface area contributed by atoms with Gasteiger partial charge >= 0.3 is 0 Å². The van der Waals surface area contributed by atoms with Crippen LogP contribution in [0.1, 0.15) is 12.5 Å². The molecule has 0 saturated carbocycles. The Balaban J connectivity index is 2.54. The Bertz CT molecular complexity index is 575. The van der Waals surface area contributed by atoms with E-state index in [0.717, 1.165) is 16.5 Å². The van der Waals surface area contributed by atoms with E-state index < -0.39 is 0 Å². The third kappa shape index (κ3) is 2.28. The number of hydrogen-bond acceptors (Lipinski definition) is 2. The monoisotopic (exact) mass is 231 g/mol. The van der Waals surface area contributed by atoms with E-state index in [1.165, 1.54) is 13.0 Å². The Morgan fingerprint density at radius 1 is 1.38 bits per heavy atom. The zero-order chi connectivity index (χ0) is 11.5. The Labute approximate surface area is 98.6 Å². The molecular weight excluding hydrogens is 222 g/mol. The normalized spacial score (nSPS) is 11.1. The van der Waals surface area contributed by atoms with Crippen LogP contribution in [0.2, 0.25) is 5.15 Å². The summed E-state index contributed by atoms with van der Waals surface area (Å²) in [5.74, 6) is -0.00998. The van der Waals surface area contributed by atoms with Crippen LogP contribution < -0.4 is 0 Å². The number of carbonyl (C=O) groups is 1. The molecule has 0 fully saturated rings. The SMILES string of the molecule is CC(=O)/C=C/c1cc2ccccc2nc1Cl. The van der Waals surface area contributed by atoms with Gasteiger partial charge in [0.05, 0.1) is 5.52 Å². The molecule has 1 aromatic carbocycles. The number of hydrogen-bond donors (Lipinski definition) is 0. The quantitative estimate of drug-likeness (QED) is 0.585. The second kappa shape index (κ2) is 4.45. The Morgan fingerprint density at radius 2 is 2.12 bits per heavy atom. The van der Waals surface area contributed by atoms with Crippen LogP contribution in [0.5, 0.6) is 0 Å². The molecule has 0 radical (unpaired) electrons. The highest BCUT2D eigenvalue weighted by atomic mass is 35.5. The molecular formula is C13H10ClNO. The van der Waals surface area contributed by atoms with Crippen LogP contribution in [0.15, 0.2) is 36.4 Å². The van der Waals surface area contributed by atoms with E-state index in [0.29, 0.717) is 5.15 Å². The van der Waals surface area contributed by atoms with Crippen molar-refractivity contribution < 1.29 is 4.79 Å². The second-order valence-corrected chi connectivity index (χ2v) is 3.86. The van der Waals surface area contributed by atoms with Gasteiger partial charge < -0.3 is 0 Å². The molecule has 1 aromatic heterocycles. The summed E-state index contributed by atoms with van der Waals surface area (Å²) >= 11 is 6.01. The van der Waals surface area contributed by atoms with Crippen molar-refractivity contribution in [1.29, 1.82) is 0 Å². The lowest BCUT2D eigenvalue weighted by molar-refractivity contribution is -0.112. The first kappa shape index (κ1) is 10.8. The molecule has 0 aliphatic heterocycles. The molecule has 0 saturated heterocycles. The number of nitrogens with zero attached hydrogens (tertiary/aromatic N) is 1. The number of para-hydroxylation sites is 1. The van der Waals surface area contributed by atoms with Gasteiger partial charge in [-0.3, -0.25) is 4.79 Å². The molecule has 0 amide bonds. The lowest BCUT2D eigenvalue weighted by Gasteiger charge is -2.01. The molecule has 2 aromatic rings. The number of rotatable bonds is 2. The minimum atomic E-state index is -0.00998. The van der Waals surface area contributed by atoms with Crippen molar-refractivity contribution >= 4 is 34.4 Å². The summed E-state index contributed by atoms with van der Waals surface area (Å²) < 4.78 is 0. The maximum atomic E-state index is 10.8. The fourth-order valence-corrected chi connectivity index (χ4v) is 1.64. The zero-order valence-corrected chi connectivity index (χ0v) is 9.53. The van der Waals surface area contributed by atoms with Gasteiger partial charge in [0.1, 0.15) is 5.15 Å². The number of carbonyl (C=O) groups excluding carboxylic acids is 1. The van der Waals surface area contributed by atoms with Crippen LogP contribution in [0.3, 0.4) is 0 Å². The summed E-state index contributed by atoms with van der Waals surface area (Å²) in [6.45, 7) is 1.50. The van der Waals surface area contributed by atoms with Crippen molar-refractivity contribution in [2.24, 2.45) is 0 Å². The molecule has 16 heavy (non-hydrogen) atoms. The highest BCUT2D eigenvalue weighted by Gasteiger charge is 2.01. The van der Waals surface area contributed by atoms with Crippen molar-refractivity contribution in [3.8, 4) is 0 Å². The van der Waals surface area contributed by atoms with Crippen molar-refractivity contribution in [1.82, 2.24) is 4.98 Å². The maximum Gasteiger partial charge on any atom is 0.152 e. The Kier molecular flexibility index (Phi) is 3.02. The van der Waals surface area contributed by atoms with Gasteiger partial charge in [0.25, 0.3) is 0 Å². The number of benzene rings is 1. The van der Waals surface area contributed by atoms with E-state index >= 15 is 0 Å². The van der Waals surface area contributed by atoms with Crippen LogP contribution in [-0.2, 0) is 4.79 Å². The van der Waals surface area contributed by atoms with Crippen molar-refractivity contribution in [3.05, 3.63) is 47.1 Å². The predicted molar refractivity (Wildman–Crippen MR) is 66.5 cm³/mol. The van der Waals surface area contributed by atoms with Gasteiger partial charge in [-0.15, -0.1) is 0 Å². The van der Waals surface area contributed by atoms with E-state index in [-0.39, 0.29) is 5.78 Å². The number of pyridine rings is 1. The van der Waals surface area contributed by atoms with Gasteiger partial charge in [0.2, 0.25) is 0 Å². The van der Waals surface area contributed by atoms with Crippen LogP contribution in [-0.4, -0.2) is 10.8 Å². The average molecular weight is 232 g/mol. The zero-order valence-electron chi connectivity index (χ0n) is 8.77. The van der Waals surface area contributed by atoms with Gasteiger partial charge in [-0.25, -0.2) is 4.98 Å². The number of halogens is 1. The van der Waals surface area contributed by atoms with E-state index in [4.69, 9.17) is 11.6 Å². The molecule has 2 rings (SSSR count). The van der Waals surface area contributed by atoms with Crippen LogP contribution in [0, 0.1) is 0 Å². The summed E-state index contributed by atoms with van der Waals surface area (Å²) in [6.07, 6.45) is 3.17. The Hall–Kier alpha value is -1.67. The summed E-state index contributed by atoms with van der Waals surface area (Å²) in [5.41, 5.74) is 1.61. The summed E-state index contributed by atoms with van der Waals surface area (Å²) in [6, 6.07) is 9.64. The first-order chi connectivity index (χ1) is 7.66. The predicted octanol–water partition coefficient (Wildman–Crippen LogP) is 3.49. The summed E-state index contributed by atoms with van der Waals surface area (Å²) in [5, 5.41) is 1.42. The molecule has 0 unspecified atom stereocenters. The van der Waals surface area contributed by atoms with Crippen molar-refractivity contribution in [2.45, 2.75) is 6.92 Å². The molecule has 0 N–H and O–H groups in total. The molecule has 80 valence electrons. The molecule has 0 atom stereocenters. The average Bonchev–Trinajstić information content (AvgIpc) is 2.26. The third-order valence-corrected chi connectivity index (χ3v) is 2.50. The van der Waals surface area contributed by atoms with E-state index in [1.807, 2.05) is 30.3 Å². The lowest BCUT2D eigenvalue weighted by atomic mass is 10.1. The molecule has 3 heteroatoms. The largest absolute Gasteiger partial charge is 0.295 e. The standard InChI is InChI=1S/C13H10ClNO/c1-9(16)6-7-11-8-10-4-2-3-5-12(10)15-13(11)14/h2-8H,1H3/b7-6+. The highest BCUT2D eigenvalue weighted by molar-refractivity contribution is 6.31. The van der Waals surface area contributed by atoms with Gasteiger partial charge in [0, 0.05) is 10.9 Å². The highest BCUT2D eigenvalue weighted by Crippen LogP contribution is 2.21. The molecule has 0 spiro atoms. The number of fused-ring (bicyclic) bond motifs is 1. The van der Waals surface area contributed by atoms with Crippen molar-refractivity contribution in [2.75, 3.05) is 0 Å². The summed E-state index contributed by atoms with van der Waals surface area (Å²) in [4.78, 5) is 15.1. The summed E-state index contributed by atoms with van der Waals surface area (Å²) in [7, 11) is 0. The molecule has 0 aliphatic carbocycles. The van der Waals surface area contributed by atoms with Crippen molar-refractivity contribution in [3.63, 3.8) is 0 Å². The second-order valence-electron chi connectivity index (χ2n) is 3.51. The van der Waals surface area contributed by atoms with E-state index in [9.17, 15) is 4.79 Å².